The average molecular weight is 140 g/mol. The minimum atomic E-state index is -0.417. The van der Waals surface area contributed by atoms with E-state index >= 15 is 0 Å². The Kier molecular flexibility index (Phi) is 8.95. The SMILES string of the molecule is CC(=O)C(C)C=O.[KH]. The Morgan fingerprint density at radius 3 is 2.00 bits per heavy atom. The van der Waals surface area contributed by atoms with E-state index in [9.17, 15) is 9.59 Å². The van der Waals surface area contributed by atoms with Crippen molar-refractivity contribution in [2.45, 2.75) is 13.8 Å². The first-order chi connectivity index (χ1) is 3.18. The van der Waals surface area contributed by atoms with E-state index in [4.69, 9.17) is 0 Å². The zero-order valence-electron chi connectivity index (χ0n) is 4.47. The predicted octanol–water partition coefficient (Wildman–Crippen LogP) is -0.238. The van der Waals surface area contributed by atoms with Gasteiger partial charge in [0.05, 0.1) is 5.92 Å². The number of Topliss-reactive ketones (excluding diaryl/α,β-unsaturated/α-hetero) is 1. The van der Waals surface area contributed by atoms with Crippen molar-refractivity contribution >= 4 is 63.5 Å². The van der Waals surface area contributed by atoms with Gasteiger partial charge in [0, 0.05) is 0 Å². The number of hydrogen-bond donors (Lipinski definition) is 0. The summed E-state index contributed by atoms with van der Waals surface area (Å²) in [6.45, 7) is 2.98. The summed E-state index contributed by atoms with van der Waals surface area (Å²) in [5.74, 6) is -0.491. The molecule has 0 bridgehead atoms. The fourth-order valence-corrected chi connectivity index (χ4v) is 0.0958. The van der Waals surface area contributed by atoms with Crippen LogP contribution in [0, 0.1) is 5.92 Å². The molecule has 0 rings (SSSR count). The molecule has 0 amide bonds. The standard InChI is InChI=1S/C5H8O2.K.H/c1-4(3-6)5(2)7;;/h3-4H,1-2H3;;. The van der Waals surface area contributed by atoms with Crippen molar-refractivity contribution in [1.29, 1.82) is 0 Å². The molecule has 0 saturated carbocycles. The topological polar surface area (TPSA) is 34.1 Å². The Morgan fingerprint density at radius 1 is 1.62 bits per heavy atom. The molecule has 0 aromatic heterocycles. The van der Waals surface area contributed by atoms with Crippen LogP contribution in [0.15, 0.2) is 0 Å². The number of carbonyl (C=O) groups is 2. The summed E-state index contributed by atoms with van der Waals surface area (Å²) in [6, 6.07) is 0. The second-order valence-electron chi connectivity index (χ2n) is 1.54. The summed E-state index contributed by atoms with van der Waals surface area (Å²) in [6.07, 6.45) is 0.641. The molecule has 0 N–H and O–H groups in total. The Balaban J connectivity index is 0. The van der Waals surface area contributed by atoms with Gasteiger partial charge in [0.2, 0.25) is 0 Å². The summed E-state index contributed by atoms with van der Waals surface area (Å²) in [7, 11) is 0. The fraction of sp³-hybridized carbons (Fsp3) is 0.600. The molecule has 1 atom stereocenters. The molecule has 2 nitrogen and oxygen atoms in total. The molecular weight excluding hydrogens is 131 g/mol. The molecule has 0 aliphatic heterocycles. The van der Waals surface area contributed by atoms with Crippen LogP contribution in [0.4, 0.5) is 0 Å². The molecule has 42 valence electrons. The van der Waals surface area contributed by atoms with Crippen molar-refractivity contribution < 1.29 is 9.59 Å². The third-order valence-electron chi connectivity index (χ3n) is 0.845. The van der Waals surface area contributed by atoms with Crippen LogP contribution in [0.1, 0.15) is 13.8 Å². The van der Waals surface area contributed by atoms with Crippen molar-refractivity contribution in [3.63, 3.8) is 0 Å². The number of carbonyl (C=O) groups excluding carboxylic acids is 2. The summed E-state index contributed by atoms with van der Waals surface area (Å²) in [5, 5.41) is 0. The van der Waals surface area contributed by atoms with Gasteiger partial charge in [0.1, 0.15) is 12.1 Å². The molecule has 0 saturated heterocycles. The number of aldehydes is 1. The van der Waals surface area contributed by atoms with E-state index in [0.717, 1.165) is 0 Å². The summed E-state index contributed by atoms with van der Waals surface area (Å²) in [5.41, 5.74) is 0. The van der Waals surface area contributed by atoms with Gasteiger partial charge in [-0.25, -0.2) is 0 Å². The molecule has 0 spiro atoms. The second kappa shape index (κ2) is 6.10. The van der Waals surface area contributed by atoms with Crippen molar-refractivity contribution in [2.24, 2.45) is 5.92 Å². The number of hydrogen-bond acceptors (Lipinski definition) is 2. The summed E-state index contributed by atoms with van der Waals surface area (Å²) >= 11 is 0. The molecule has 0 radical (unpaired) electrons. The van der Waals surface area contributed by atoms with Gasteiger partial charge >= 0.3 is 51.4 Å². The first-order valence-corrected chi connectivity index (χ1v) is 2.14. The number of ketones is 1. The second-order valence-corrected chi connectivity index (χ2v) is 1.54. The van der Waals surface area contributed by atoms with Crippen LogP contribution in [0.5, 0.6) is 0 Å². The van der Waals surface area contributed by atoms with Crippen LogP contribution in [-0.2, 0) is 9.59 Å². The zero-order valence-corrected chi connectivity index (χ0v) is 4.47. The first kappa shape index (κ1) is 11.7. The third kappa shape index (κ3) is 5.12. The predicted molar refractivity (Wildman–Crippen MR) is 33.1 cm³/mol. The monoisotopic (exact) mass is 140 g/mol. The van der Waals surface area contributed by atoms with Crippen LogP contribution < -0.4 is 0 Å². The molecule has 0 aliphatic rings. The maximum atomic E-state index is 10.1. The van der Waals surface area contributed by atoms with Crippen LogP contribution in [0.2, 0.25) is 0 Å². The maximum absolute atomic E-state index is 10.1. The van der Waals surface area contributed by atoms with E-state index in [1.165, 1.54) is 6.92 Å². The summed E-state index contributed by atoms with van der Waals surface area (Å²) < 4.78 is 0. The zero-order chi connectivity index (χ0) is 5.86. The average Bonchev–Trinajstić information content (AvgIpc) is 1.65. The fourth-order valence-electron chi connectivity index (χ4n) is 0.0958. The van der Waals surface area contributed by atoms with Gasteiger partial charge in [0.15, 0.2) is 0 Å². The van der Waals surface area contributed by atoms with Gasteiger partial charge in [-0.1, -0.05) is 0 Å². The molecule has 0 aromatic rings. The molecule has 0 heterocycles. The van der Waals surface area contributed by atoms with Gasteiger partial charge in [-0.2, -0.15) is 0 Å². The van der Waals surface area contributed by atoms with Gasteiger partial charge < -0.3 is 4.79 Å². The molecular formula is C5H9KO2. The van der Waals surface area contributed by atoms with E-state index in [0.29, 0.717) is 6.29 Å². The quantitative estimate of drug-likeness (QED) is 0.301. The normalized spacial score (nSPS) is 11.2. The molecule has 0 aromatic carbocycles. The van der Waals surface area contributed by atoms with Crippen LogP contribution in [0.3, 0.4) is 0 Å². The summed E-state index contributed by atoms with van der Waals surface area (Å²) in [4.78, 5) is 19.9. The van der Waals surface area contributed by atoms with Crippen molar-refractivity contribution in [1.82, 2.24) is 0 Å². The molecule has 0 fully saturated rings. The Hall–Kier alpha value is 0.976. The molecule has 1 unspecified atom stereocenters. The van der Waals surface area contributed by atoms with E-state index in [1.807, 2.05) is 0 Å². The van der Waals surface area contributed by atoms with E-state index in [-0.39, 0.29) is 57.2 Å². The van der Waals surface area contributed by atoms with Crippen molar-refractivity contribution in [2.75, 3.05) is 0 Å². The van der Waals surface area contributed by atoms with E-state index in [2.05, 4.69) is 0 Å². The van der Waals surface area contributed by atoms with Crippen LogP contribution in [-0.4, -0.2) is 63.5 Å². The Labute approximate surface area is 91.4 Å². The van der Waals surface area contributed by atoms with Gasteiger partial charge in [-0.05, 0) is 13.8 Å². The van der Waals surface area contributed by atoms with Gasteiger partial charge in [-0.3, -0.25) is 4.79 Å². The van der Waals surface area contributed by atoms with Crippen molar-refractivity contribution in [3.8, 4) is 0 Å². The first-order valence-electron chi connectivity index (χ1n) is 2.14. The van der Waals surface area contributed by atoms with E-state index in [1.54, 1.807) is 6.92 Å². The minimum absolute atomic E-state index is 0. The van der Waals surface area contributed by atoms with Crippen LogP contribution in [0.25, 0.3) is 0 Å². The Morgan fingerprint density at radius 2 is 2.00 bits per heavy atom. The molecule has 0 aliphatic carbocycles. The molecule has 8 heavy (non-hydrogen) atoms. The van der Waals surface area contributed by atoms with Crippen LogP contribution >= 0.6 is 0 Å². The third-order valence-corrected chi connectivity index (χ3v) is 0.845. The molecule has 3 heteroatoms. The van der Waals surface area contributed by atoms with Gasteiger partial charge in [0.25, 0.3) is 0 Å². The number of rotatable bonds is 2. The van der Waals surface area contributed by atoms with E-state index < -0.39 is 5.92 Å². The van der Waals surface area contributed by atoms with Gasteiger partial charge in [-0.15, -0.1) is 0 Å². The van der Waals surface area contributed by atoms with Crippen molar-refractivity contribution in [3.05, 3.63) is 0 Å². The Bertz CT molecular complexity index is 90.4.